The molecule has 0 radical (unpaired) electrons. The summed E-state index contributed by atoms with van der Waals surface area (Å²) in [7, 11) is 1.57. The topological polar surface area (TPSA) is 102 Å². The van der Waals surface area contributed by atoms with Crippen molar-refractivity contribution in [3.63, 3.8) is 0 Å². The third kappa shape index (κ3) is 5.20. The van der Waals surface area contributed by atoms with Gasteiger partial charge in [-0.25, -0.2) is 4.39 Å². The van der Waals surface area contributed by atoms with E-state index in [1.165, 1.54) is 12.4 Å². The molecule has 2 aliphatic heterocycles. The van der Waals surface area contributed by atoms with E-state index in [1.807, 2.05) is 0 Å². The predicted molar refractivity (Wildman–Crippen MR) is 93.4 cm³/mol. The minimum absolute atomic E-state index is 0.107. The van der Waals surface area contributed by atoms with E-state index in [0.29, 0.717) is 38.2 Å². The first-order valence-electron chi connectivity index (χ1n) is 9.12. The lowest BCUT2D eigenvalue weighted by Gasteiger charge is -2.20. The fourth-order valence-corrected chi connectivity index (χ4v) is 3.48. The van der Waals surface area contributed by atoms with Crippen LogP contribution in [0.1, 0.15) is 18.4 Å². The fraction of sp³-hybridized carbons (Fsp3) is 0.667. The van der Waals surface area contributed by atoms with Crippen LogP contribution in [0.4, 0.5) is 4.39 Å². The van der Waals surface area contributed by atoms with Crippen LogP contribution in [0.25, 0.3) is 0 Å². The van der Waals surface area contributed by atoms with Crippen molar-refractivity contribution in [3.8, 4) is 0 Å². The van der Waals surface area contributed by atoms with Gasteiger partial charge in [0.25, 0.3) is 0 Å². The highest BCUT2D eigenvalue weighted by Crippen LogP contribution is 2.35. The molecule has 1 aromatic heterocycles. The number of aliphatic hydroxyl groups is 1. The molecular weight excluding hydrogens is 357 g/mol. The molecule has 27 heavy (non-hydrogen) atoms. The molecule has 2 aliphatic rings. The van der Waals surface area contributed by atoms with Gasteiger partial charge in [0.05, 0.1) is 37.5 Å². The molecule has 0 saturated carbocycles. The van der Waals surface area contributed by atoms with E-state index in [0.717, 1.165) is 0 Å². The van der Waals surface area contributed by atoms with E-state index in [2.05, 4.69) is 15.6 Å². The Bertz CT molecular complexity index is 635. The average molecular weight is 383 g/mol. The number of nitrogens with zero attached hydrogens (tertiary/aromatic N) is 1. The quantitative estimate of drug-likeness (QED) is 0.506. The minimum atomic E-state index is -0.786. The Labute approximate surface area is 157 Å². The zero-order valence-corrected chi connectivity index (χ0v) is 15.3. The first-order chi connectivity index (χ1) is 13.1. The third-order valence-corrected chi connectivity index (χ3v) is 4.84. The van der Waals surface area contributed by atoms with Crippen molar-refractivity contribution in [2.45, 2.75) is 49.9 Å². The third-order valence-electron chi connectivity index (χ3n) is 4.84. The molecule has 5 atom stereocenters. The van der Waals surface area contributed by atoms with Crippen LogP contribution in [0.5, 0.6) is 0 Å². The molecule has 1 amide bonds. The highest BCUT2D eigenvalue weighted by Gasteiger charge is 2.50. The number of carbonyl (C=O) groups is 1. The van der Waals surface area contributed by atoms with Gasteiger partial charge in [-0.05, 0) is 6.07 Å². The number of pyridine rings is 1. The van der Waals surface area contributed by atoms with E-state index in [4.69, 9.17) is 14.2 Å². The van der Waals surface area contributed by atoms with Crippen molar-refractivity contribution in [1.82, 2.24) is 15.6 Å². The predicted octanol–water partition coefficient (Wildman–Crippen LogP) is -0.251. The molecule has 1 aromatic rings. The molecule has 0 aliphatic carbocycles. The van der Waals surface area contributed by atoms with Gasteiger partial charge in [-0.1, -0.05) is 0 Å². The van der Waals surface area contributed by atoms with E-state index in [-0.39, 0.29) is 30.4 Å². The summed E-state index contributed by atoms with van der Waals surface area (Å²) < 4.78 is 30.2. The number of ether oxygens (including phenoxy) is 3. The zero-order chi connectivity index (χ0) is 19.2. The maximum Gasteiger partial charge on any atom is 0.222 e. The van der Waals surface area contributed by atoms with Gasteiger partial charge in [-0.2, -0.15) is 0 Å². The number of aliphatic hydroxyl groups excluding tert-OH is 1. The Balaban J connectivity index is 1.39. The van der Waals surface area contributed by atoms with Gasteiger partial charge in [0, 0.05) is 44.9 Å². The average Bonchev–Trinajstić information content (AvgIpc) is 3.16. The van der Waals surface area contributed by atoms with Crippen LogP contribution in [0.3, 0.4) is 0 Å². The molecule has 3 N–H and O–H groups in total. The summed E-state index contributed by atoms with van der Waals surface area (Å²) in [5, 5.41) is 16.3. The molecule has 3 rings (SSSR count). The van der Waals surface area contributed by atoms with Gasteiger partial charge in [0.1, 0.15) is 18.0 Å². The number of aromatic nitrogens is 1. The van der Waals surface area contributed by atoms with Gasteiger partial charge in [-0.3, -0.25) is 9.78 Å². The molecular formula is C18H26FN3O5. The number of halogens is 1. The lowest BCUT2D eigenvalue weighted by atomic mass is 10.1. The van der Waals surface area contributed by atoms with Crippen LogP contribution >= 0.6 is 0 Å². The summed E-state index contributed by atoms with van der Waals surface area (Å²) in [5.74, 6) is -0.478. The molecule has 0 bridgehead atoms. The van der Waals surface area contributed by atoms with Gasteiger partial charge in [0.2, 0.25) is 5.91 Å². The SMILES string of the molecule is COCCNC(=O)C[C@@H]1C[C@H]2O[C@H](CNCc3ccncc3F)[C@@H](O)[C@H]2O1. The number of methoxy groups -OCH3 is 1. The van der Waals surface area contributed by atoms with Crippen molar-refractivity contribution in [3.05, 3.63) is 29.8 Å². The Kier molecular flexibility index (Phi) is 7.08. The van der Waals surface area contributed by atoms with Gasteiger partial charge >= 0.3 is 0 Å². The highest BCUT2D eigenvalue weighted by molar-refractivity contribution is 5.76. The molecule has 0 unspecified atom stereocenters. The van der Waals surface area contributed by atoms with Crippen LogP contribution in [0, 0.1) is 5.82 Å². The Morgan fingerprint density at radius 2 is 2.33 bits per heavy atom. The Hall–Kier alpha value is -1.65. The van der Waals surface area contributed by atoms with Crippen molar-refractivity contribution in [2.24, 2.45) is 0 Å². The molecule has 3 heterocycles. The lowest BCUT2D eigenvalue weighted by molar-refractivity contribution is -0.124. The smallest absolute Gasteiger partial charge is 0.222 e. The highest BCUT2D eigenvalue weighted by atomic mass is 19.1. The zero-order valence-electron chi connectivity index (χ0n) is 15.3. The normalized spacial score (nSPS) is 29.7. The molecule has 8 nitrogen and oxygen atoms in total. The monoisotopic (exact) mass is 383 g/mol. The number of hydrogen-bond donors (Lipinski definition) is 3. The molecule has 2 saturated heterocycles. The van der Waals surface area contributed by atoms with Gasteiger partial charge in [-0.15, -0.1) is 0 Å². The second-order valence-electron chi connectivity index (χ2n) is 6.81. The van der Waals surface area contributed by atoms with Crippen LogP contribution in [0.2, 0.25) is 0 Å². The second-order valence-corrected chi connectivity index (χ2v) is 6.81. The molecule has 0 aromatic carbocycles. The van der Waals surface area contributed by atoms with Crippen molar-refractivity contribution in [2.75, 3.05) is 26.8 Å². The van der Waals surface area contributed by atoms with E-state index in [1.54, 1.807) is 13.2 Å². The Morgan fingerprint density at radius 3 is 3.07 bits per heavy atom. The van der Waals surface area contributed by atoms with Gasteiger partial charge < -0.3 is 30.0 Å². The maximum absolute atomic E-state index is 13.6. The Morgan fingerprint density at radius 1 is 1.48 bits per heavy atom. The standard InChI is InChI=1S/C18H26FN3O5/c1-25-5-4-22-16(23)7-12-6-14-18(26-12)17(24)15(27-14)10-21-8-11-2-3-20-9-13(11)19/h2-3,9,12,14-15,17-18,21,24H,4-8,10H2,1H3,(H,22,23)/t12-,14+,15+,17+,18-/m0/s1. The summed E-state index contributed by atoms with van der Waals surface area (Å²) in [5.41, 5.74) is 0.508. The molecule has 9 heteroatoms. The van der Waals surface area contributed by atoms with E-state index >= 15 is 0 Å². The van der Waals surface area contributed by atoms with Crippen LogP contribution in [-0.4, -0.2) is 73.3 Å². The first kappa shape index (κ1) is 20.1. The molecule has 150 valence electrons. The second kappa shape index (κ2) is 9.52. The number of rotatable bonds is 9. The van der Waals surface area contributed by atoms with Crippen molar-refractivity contribution in [1.29, 1.82) is 0 Å². The summed E-state index contributed by atoms with van der Waals surface area (Å²) in [6.45, 7) is 1.62. The first-order valence-corrected chi connectivity index (χ1v) is 9.12. The minimum Gasteiger partial charge on any atom is -0.388 e. The number of nitrogens with one attached hydrogen (secondary N) is 2. The van der Waals surface area contributed by atoms with E-state index in [9.17, 15) is 14.3 Å². The number of amides is 1. The van der Waals surface area contributed by atoms with Crippen LogP contribution < -0.4 is 10.6 Å². The summed E-state index contributed by atoms with van der Waals surface area (Å²) in [6.07, 6.45) is 1.34. The fourth-order valence-electron chi connectivity index (χ4n) is 3.48. The lowest BCUT2D eigenvalue weighted by Crippen LogP contribution is -2.39. The van der Waals surface area contributed by atoms with E-state index < -0.39 is 18.3 Å². The van der Waals surface area contributed by atoms with Gasteiger partial charge in [0.15, 0.2) is 0 Å². The summed E-state index contributed by atoms with van der Waals surface area (Å²) in [4.78, 5) is 15.6. The summed E-state index contributed by atoms with van der Waals surface area (Å²) in [6, 6.07) is 1.61. The van der Waals surface area contributed by atoms with Crippen LogP contribution in [0.15, 0.2) is 18.5 Å². The molecule has 2 fully saturated rings. The summed E-state index contributed by atoms with van der Waals surface area (Å²) >= 11 is 0. The maximum atomic E-state index is 13.6. The largest absolute Gasteiger partial charge is 0.388 e. The molecule has 0 spiro atoms. The number of hydrogen-bond acceptors (Lipinski definition) is 7. The van der Waals surface area contributed by atoms with Crippen molar-refractivity contribution < 1.29 is 28.5 Å². The number of fused-ring (bicyclic) bond motifs is 1. The van der Waals surface area contributed by atoms with Crippen molar-refractivity contribution >= 4 is 5.91 Å². The van der Waals surface area contributed by atoms with Crippen LogP contribution in [-0.2, 0) is 25.5 Å². The number of carbonyl (C=O) groups excluding carboxylic acids is 1.